The second kappa shape index (κ2) is 8.28. The molecule has 0 aliphatic carbocycles. The molecule has 0 spiro atoms. The third-order valence-electron chi connectivity index (χ3n) is 3.20. The Hall–Kier alpha value is -3.17. The molecule has 26 heavy (non-hydrogen) atoms. The summed E-state index contributed by atoms with van der Waals surface area (Å²) in [6, 6.07) is 8.81. The number of carbonyl (C=O) groups is 1. The van der Waals surface area contributed by atoms with E-state index in [1.165, 1.54) is 31.3 Å². The van der Waals surface area contributed by atoms with Gasteiger partial charge in [-0.1, -0.05) is 18.2 Å². The smallest absolute Gasteiger partial charge is 0.454 e. The number of amides is 1. The summed E-state index contributed by atoms with van der Waals surface area (Å²) in [6.45, 7) is 0.254. The number of nitrogens with zero attached hydrogens (tertiary/aromatic N) is 1. The van der Waals surface area contributed by atoms with Gasteiger partial charge < -0.3 is 25.5 Å². The lowest BCUT2D eigenvalue weighted by Gasteiger charge is -2.15. The van der Waals surface area contributed by atoms with Gasteiger partial charge in [0.15, 0.2) is 11.7 Å². The fourth-order valence-corrected chi connectivity index (χ4v) is 2.05. The van der Waals surface area contributed by atoms with Gasteiger partial charge in [0.1, 0.15) is 11.5 Å². The number of nitrogens with two attached hydrogens (primary N) is 1. The average molecular weight is 370 g/mol. The highest BCUT2D eigenvalue weighted by atomic mass is 19.4. The van der Waals surface area contributed by atoms with Crippen LogP contribution >= 0.6 is 0 Å². The highest BCUT2D eigenvalue weighted by molar-refractivity contribution is 5.89. The highest BCUT2D eigenvalue weighted by Crippen LogP contribution is 2.26. The third-order valence-corrected chi connectivity index (χ3v) is 3.20. The number of ether oxygens (including phenoxy) is 1. The molecule has 7 nitrogen and oxygen atoms in total. The van der Waals surface area contributed by atoms with E-state index in [1.807, 2.05) is 0 Å². The molecule has 0 radical (unpaired) electrons. The SMILES string of the molecule is CN=C(NCc1ccc(C(N)=O)o1)NCc1ccccc1OC(F)(F)F. The van der Waals surface area contributed by atoms with Crippen molar-refractivity contribution in [1.82, 2.24) is 10.6 Å². The van der Waals surface area contributed by atoms with Crippen molar-refractivity contribution in [2.24, 2.45) is 10.7 Å². The number of aliphatic imine (C=N–C) groups is 1. The van der Waals surface area contributed by atoms with Crippen LogP contribution in [0.2, 0.25) is 0 Å². The van der Waals surface area contributed by atoms with Crippen LogP contribution in [-0.2, 0) is 13.1 Å². The van der Waals surface area contributed by atoms with E-state index in [0.717, 1.165) is 0 Å². The molecular formula is C16H17F3N4O3. The number of para-hydroxylation sites is 1. The van der Waals surface area contributed by atoms with Crippen molar-refractivity contribution >= 4 is 11.9 Å². The van der Waals surface area contributed by atoms with Crippen LogP contribution < -0.4 is 21.1 Å². The van der Waals surface area contributed by atoms with Gasteiger partial charge in [0.05, 0.1) is 6.54 Å². The van der Waals surface area contributed by atoms with E-state index >= 15 is 0 Å². The summed E-state index contributed by atoms with van der Waals surface area (Å²) in [5, 5.41) is 5.78. The van der Waals surface area contributed by atoms with Crippen LogP contribution in [0.15, 0.2) is 45.8 Å². The van der Waals surface area contributed by atoms with E-state index in [4.69, 9.17) is 10.2 Å². The number of guanidine groups is 1. The van der Waals surface area contributed by atoms with Crippen molar-refractivity contribution in [2.75, 3.05) is 7.05 Å². The molecule has 1 aromatic carbocycles. The fourth-order valence-electron chi connectivity index (χ4n) is 2.05. The molecule has 0 unspecified atom stereocenters. The van der Waals surface area contributed by atoms with Crippen molar-refractivity contribution in [2.45, 2.75) is 19.5 Å². The Morgan fingerprint density at radius 1 is 1.19 bits per heavy atom. The molecule has 0 bridgehead atoms. The van der Waals surface area contributed by atoms with Crippen LogP contribution in [0.25, 0.3) is 0 Å². The first kappa shape index (κ1) is 19.2. The maximum absolute atomic E-state index is 12.4. The first-order valence-corrected chi connectivity index (χ1v) is 7.45. The number of furan rings is 1. The van der Waals surface area contributed by atoms with E-state index < -0.39 is 12.3 Å². The summed E-state index contributed by atoms with van der Waals surface area (Å²) < 4.78 is 46.5. The van der Waals surface area contributed by atoms with Gasteiger partial charge in [0, 0.05) is 19.2 Å². The number of nitrogens with one attached hydrogen (secondary N) is 2. The number of hydrogen-bond acceptors (Lipinski definition) is 4. The van der Waals surface area contributed by atoms with E-state index in [1.54, 1.807) is 12.1 Å². The van der Waals surface area contributed by atoms with E-state index in [-0.39, 0.29) is 24.6 Å². The molecular weight excluding hydrogens is 353 g/mol. The van der Waals surface area contributed by atoms with Crippen molar-refractivity contribution in [1.29, 1.82) is 0 Å². The summed E-state index contributed by atoms with van der Waals surface area (Å²) in [5.74, 6) is -0.172. The van der Waals surface area contributed by atoms with Crippen LogP contribution in [0, 0.1) is 0 Å². The summed E-state index contributed by atoms with van der Waals surface area (Å²) in [6.07, 6.45) is -4.77. The van der Waals surface area contributed by atoms with Gasteiger partial charge in [-0.05, 0) is 18.2 Å². The summed E-state index contributed by atoms with van der Waals surface area (Å²) in [5.41, 5.74) is 5.41. The zero-order valence-electron chi connectivity index (χ0n) is 13.8. The van der Waals surface area contributed by atoms with Crippen molar-refractivity contribution in [3.05, 3.63) is 53.5 Å². The molecule has 2 aromatic rings. The average Bonchev–Trinajstić information content (AvgIpc) is 3.04. The predicted octanol–water partition coefficient (Wildman–Crippen LogP) is 2.14. The van der Waals surface area contributed by atoms with Gasteiger partial charge in [-0.25, -0.2) is 0 Å². The molecule has 0 atom stereocenters. The first-order valence-electron chi connectivity index (χ1n) is 7.45. The maximum atomic E-state index is 12.4. The molecule has 1 amide bonds. The maximum Gasteiger partial charge on any atom is 0.573 e. The van der Waals surface area contributed by atoms with Crippen LogP contribution in [0.3, 0.4) is 0 Å². The number of carbonyl (C=O) groups excluding carboxylic acids is 1. The molecule has 140 valence electrons. The standard InChI is InChI=1S/C16H17F3N4O3/c1-21-15(23-9-11-6-7-13(25-11)14(20)24)22-8-10-4-2-3-5-12(10)26-16(17,18)19/h2-7H,8-9H2,1H3,(H2,20,24)(H2,21,22,23). The van der Waals surface area contributed by atoms with E-state index in [0.29, 0.717) is 17.3 Å². The molecule has 2 rings (SSSR count). The Morgan fingerprint density at radius 3 is 2.50 bits per heavy atom. The van der Waals surface area contributed by atoms with Crippen LogP contribution in [0.5, 0.6) is 5.75 Å². The molecule has 0 saturated carbocycles. The quantitative estimate of drug-likeness (QED) is 0.534. The minimum Gasteiger partial charge on any atom is -0.454 e. The molecule has 1 heterocycles. The molecule has 0 aliphatic rings. The molecule has 0 saturated heterocycles. The lowest BCUT2D eigenvalue weighted by molar-refractivity contribution is -0.274. The Bertz CT molecular complexity index is 787. The predicted molar refractivity (Wildman–Crippen MR) is 87.4 cm³/mol. The largest absolute Gasteiger partial charge is 0.573 e. The van der Waals surface area contributed by atoms with Crippen molar-refractivity contribution < 1.29 is 27.1 Å². The number of hydrogen-bond donors (Lipinski definition) is 3. The molecule has 10 heteroatoms. The van der Waals surface area contributed by atoms with Gasteiger partial charge in [0.25, 0.3) is 5.91 Å². The zero-order valence-corrected chi connectivity index (χ0v) is 13.8. The second-order valence-electron chi connectivity index (χ2n) is 5.07. The van der Waals surface area contributed by atoms with Crippen molar-refractivity contribution in [3.63, 3.8) is 0 Å². The van der Waals surface area contributed by atoms with Crippen LogP contribution in [0.4, 0.5) is 13.2 Å². The lowest BCUT2D eigenvalue weighted by atomic mass is 10.2. The number of halogens is 3. The number of alkyl halides is 3. The zero-order chi connectivity index (χ0) is 19.2. The summed E-state index contributed by atoms with van der Waals surface area (Å²) >= 11 is 0. The van der Waals surface area contributed by atoms with Crippen LogP contribution in [0.1, 0.15) is 21.9 Å². The third kappa shape index (κ3) is 5.72. The summed E-state index contributed by atoms with van der Waals surface area (Å²) in [4.78, 5) is 14.9. The first-order chi connectivity index (χ1) is 12.3. The monoisotopic (exact) mass is 370 g/mol. The Labute approximate surface area is 147 Å². The Morgan fingerprint density at radius 2 is 1.88 bits per heavy atom. The molecule has 1 aromatic heterocycles. The van der Waals surface area contributed by atoms with Gasteiger partial charge >= 0.3 is 6.36 Å². The van der Waals surface area contributed by atoms with E-state index in [2.05, 4.69) is 20.4 Å². The molecule has 0 fully saturated rings. The minimum atomic E-state index is -4.77. The number of benzene rings is 1. The van der Waals surface area contributed by atoms with E-state index in [9.17, 15) is 18.0 Å². The Balaban J connectivity index is 1.94. The Kier molecular flexibility index (Phi) is 6.10. The van der Waals surface area contributed by atoms with Gasteiger partial charge in [-0.3, -0.25) is 9.79 Å². The van der Waals surface area contributed by atoms with Crippen LogP contribution in [-0.4, -0.2) is 25.3 Å². The van der Waals surface area contributed by atoms with Crippen molar-refractivity contribution in [3.8, 4) is 5.75 Å². The van der Waals surface area contributed by atoms with Gasteiger partial charge in [0.2, 0.25) is 0 Å². The number of rotatable bonds is 6. The fraction of sp³-hybridized carbons (Fsp3) is 0.250. The molecule has 4 N–H and O–H groups in total. The number of primary amides is 1. The van der Waals surface area contributed by atoms with Gasteiger partial charge in [-0.2, -0.15) is 0 Å². The molecule has 0 aliphatic heterocycles. The minimum absolute atomic E-state index is 0.0305. The topological polar surface area (TPSA) is 102 Å². The van der Waals surface area contributed by atoms with Gasteiger partial charge in [-0.15, -0.1) is 13.2 Å². The second-order valence-corrected chi connectivity index (χ2v) is 5.07. The highest BCUT2D eigenvalue weighted by Gasteiger charge is 2.31. The lowest BCUT2D eigenvalue weighted by Crippen LogP contribution is -2.36. The summed E-state index contributed by atoms with van der Waals surface area (Å²) in [7, 11) is 1.50. The normalized spacial score (nSPS) is 11.9.